The van der Waals surface area contributed by atoms with Gasteiger partial charge in [0.15, 0.2) is 5.16 Å². The van der Waals surface area contributed by atoms with Crippen LogP contribution in [0.15, 0.2) is 17.6 Å². The van der Waals surface area contributed by atoms with E-state index in [0.29, 0.717) is 6.10 Å². The van der Waals surface area contributed by atoms with Crippen molar-refractivity contribution in [3.05, 3.63) is 18.0 Å². The Balaban J connectivity index is 1.71. The van der Waals surface area contributed by atoms with Crippen LogP contribution in [0, 0.1) is 0 Å². The molecule has 2 rings (SSSR count). The van der Waals surface area contributed by atoms with Gasteiger partial charge in [-0.05, 0) is 39.0 Å². The van der Waals surface area contributed by atoms with Gasteiger partial charge in [-0.2, -0.15) is 0 Å². The van der Waals surface area contributed by atoms with E-state index in [0.717, 1.165) is 31.3 Å². The van der Waals surface area contributed by atoms with Crippen molar-refractivity contribution in [2.24, 2.45) is 0 Å². The van der Waals surface area contributed by atoms with E-state index < -0.39 is 0 Å². The summed E-state index contributed by atoms with van der Waals surface area (Å²) in [4.78, 5) is 10.9. The lowest BCUT2D eigenvalue weighted by Crippen LogP contribution is -2.26. The van der Waals surface area contributed by atoms with Gasteiger partial charge in [0.1, 0.15) is 0 Å². The fourth-order valence-corrected chi connectivity index (χ4v) is 2.64. The summed E-state index contributed by atoms with van der Waals surface area (Å²) in [7, 11) is 2.14. The topological polar surface area (TPSA) is 38.2 Å². The first-order valence-electron chi connectivity index (χ1n) is 6.93. The van der Waals surface area contributed by atoms with Crippen molar-refractivity contribution in [1.29, 1.82) is 0 Å². The third kappa shape index (κ3) is 5.09. The van der Waals surface area contributed by atoms with E-state index in [-0.39, 0.29) is 0 Å². The Morgan fingerprint density at radius 3 is 2.79 bits per heavy atom. The Morgan fingerprint density at radius 1 is 1.37 bits per heavy atom. The predicted molar refractivity (Wildman–Crippen MR) is 78.4 cm³/mol. The summed E-state index contributed by atoms with van der Waals surface area (Å²) in [5.74, 6) is 0. The Morgan fingerprint density at radius 2 is 2.16 bits per heavy atom. The summed E-state index contributed by atoms with van der Waals surface area (Å²) in [5.41, 5.74) is 1.17. The molecule has 0 aliphatic carbocycles. The smallest absolute Gasteiger partial charge is 0.187 e. The van der Waals surface area contributed by atoms with Crippen LogP contribution in [0.3, 0.4) is 0 Å². The zero-order valence-electron chi connectivity index (χ0n) is 11.8. The van der Waals surface area contributed by atoms with E-state index in [1.807, 2.05) is 18.6 Å². The quantitative estimate of drug-likeness (QED) is 0.592. The van der Waals surface area contributed by atoms with E-state index in [1.165, 1.54) is 24.8 Å². The van der Waals surface area contributed by atoms with Gasteiger partial charge in [-0.1, -0.05) is 11.8 Å². The van der Waals surface area contributed by atoms with Crippen molar-refractivity contribution in [1.82, 2.24) is 14.9 Å². The Hall–Kier alpha value is -0.650. The molecule has 1 saturated heterocycles. The molecule has 1 aliphatic rings. The molecule has 1 fully saturated rings. The van der Waals surface area contributed by atoms with Crippen LogP contribution in [0.2, 0.25) is 0 Å². The molecule has 1 unspecified atom stereocenters. The molecular formula is C14H23N3OS. The molecule has 1 aliphatic heterocycles. The lowest BCUT2D eigenvalue weighted by molar-refractivity contribution is 0.00640. The average molecular weight is 281 g/mol. The molecule has 0 bridgehead atoms. The van der Waals surface area contributed by atoms with Crippen LogP contribution >= 0.6 is 11.8 Å². The minimum absolute atomic E-state index is 0.464. The molecule has 0 N–H and O–H groups in total. The second-order valence-electron chi connectivity index (χ2n) is 5.09. The molecule has 1 aromatic heterocycles. The minimum Gasteiger partial charge on any atom is -0.378 e. The highest BCUT2D eigenvalue weighted by Gasteiger charge is 2.14. The number of ether oxygens (including phenoxy) is 1. The third-order valence-corrected chi connectivity index (χ3v) is 4.00. The number of nitrogens with zero attached hydrogens (tertiary/aromatic N) is 3. The van der Waals surface area contributed by atoms with Crippen molar-refractivity contribution in [2.75, 3.05) is 26.5 Å². The highest BCUT2D eigenvalue weighted by Crippen LogP contribution is 2.16. The van der Waals surface area contributed by atoms with Crippen molar-refractivity contribution < 1.29 is 4.74 Å². The fourth-order valence-electron chi connectivity index (χ4n) is 2.32. The molecule has 5 heteroatoms. The van der Waals surface area contributed by atoms with Crippen LogP contribution in [-0.2, 0) is 11.3 Å². The largest absolute Gasteiger partial charge is 0.378 e. The first-order chi connectivity index (χ1) is 9.28. The first kappa shape index (κ1) is 14.8. The standard InChI is InChI=1S/C14H23N3OS/c1-17(7-6-13-5-3-4-8-18-13)11-12-9-15-14(19-2)16-10-12/h9-10,13H,3-8,11H2,1-2H3. The van der Waals surface area contributed by atoms with E-state index in [2.05, 4.69) is 21.9 Å². The number of hydrogen-bond acceptors (Lipinski definition) is 5. The Kier molecular flexibility index (Phi) is 6.07. The fraction of sp³-hybridized carbons (Fsp3) is 0.714. The molecular weight excluding hydrogens is 258 g/mol. The van der Waals surface area contributed by atoms with Gasteiger partial charge in [0, 0.05) is 37.7 Å². The van der Waals surface area contributed by atoms with E-state index in [9.17, 15) is 0 Å². The van der Waals surface area contributed by atoms with Gasteiger partial charge >= 0.3 is 0 Å². The van der Waals surface area contributed by atoms with Crippen LogP contribution in [0.25, 0.3) is 0 Å². The summed E-state index contributed by atoms with van der Waals surface area (Å²) in [5, 5.41) is 0.835. The van der Waals surface area contributed by atoms with Gasteiger partial charge in [0.2, 0.25) is 0 Å². The van der Waals surface area contributed by atoms with Crippen molar-refractivity contribution in [2.45, 2.75) is 43.5 Å². The van der Waals surface area contributed by atoms with Gasteiger partial charge in [0.05, 0.1) is 6.10 Å². The highest BCUT2D eigenvalue weighted by molar-refractivity contribution is 7.98. The number of rotatable bonds is 6. The second kappa shape index (κ2) is 7.82. The van der Waals surface area contributed by atoms with Crippen LogP contribution in [-0.4, -0.2) is 47.4 Å². The zero-order chi connectivity index (χ0) is 13.5. The molecule has 19 heavy (non-hydrogen) atoms. The van der Waals surface area contributed by atoms with Gasteiger partial charge in [-0.25, -0.2) is 9.97 Å². The zero-order valence-corrected chi connectivity index (χ0v) is 12.7. The number of thioether (sulfide) groups is 1. The maximum atomic E-state index is 5.75. The summed E-state index contributed by atoms with van der Waals surface area (Å²) in [6, 6.07) is 0. The summed E-state index contributed by atoms with van der Waals surface area (Å²) in [6.45, 7) is 2.91. The maximum Gasteiger partial charge on any atom is 0.187 e. The van der Waals surface area contributed by atoms with E-state index in [4.69, 9.17) is 4.74 Å². The first-order valence-corrected chi connectivity index (χ1v) is 8.15. The predicted octanol–water partition coefficient (Wildman–Crippen LogP) is 2.59. The average Bonchev–Trinajstić information content (AvgIpc) is 2.47. The van der Waals surface area contributed by atoms with Gasteiger partial charge in [-0.15, -0.1) is 0 Å². The molecule has 0 amide bonds. The normalized spacial score (nSPS) is 19.8. The number of hydrogen-bond donors (Lipinski definition) is 0. The molecule has 2 heterocycles. The maximum absolute atomic E-state index is 5.75. The van der Waals surface area contributed by atoms with Gasteiger partial charge < -0.3 is 9.64 Å². The van der Waals surface area contributed by atoms with Crippen LogP contribution < -0.4 is 0 Å². The summed E-state index contributed by atoms with van der Waals surface area (Å²) >= 11 is 1.57. The minimum atomic E-state index is 0.464. The molecule has 0 aromatic carbocycles. The molecule has 1 aromatic rings. The van der Waals surface area contributed by atoms with Crippen molar-refractivity contribution in [3.63, 3.8) is 0 Å². The van der Waals surface area contributed by atoms with Crippen molar-refractivity contribution >= 4 is 11.8 Å². The van der Waals surface area contributed by atoms with Gasteiger partial charge in [-0.3, -0.25) is 0 Å². The molecule has 0 saturated carbocycles. The lowest BCUT2D eigenvalue weighted by Gasteiger charge is -2.25. The van der Waals surface area contributed by atoms with Crippen molar-refractivity contribution in [3.8, 4) is 0 Å². The van der Waals surface area contributed by atoms with Crippen LogP contribution in [0.1, 0.15) is 31.2 Å². The SMILES string of the molecule is CSc1ncc(CN(C)CCC2CCCCO2)cn1. The Labute approximate surface area is 120 Å². The number of aromatic nitrogens is 2. The third-order valence-electron chi connectivity index (χ3n) is 3.42. The summed E-state index contributed by atoms with van der Waals surface area (Å²) in [6.07, 6.45) is 11.2. The highest BCUT2D eigenvalue weighted by atomic mass is 32.2. The summed E-state index contributed by atoms with van der Waals surface area (Å²) < 4.78 is 5.75. The molecule has 0 radical (unpaired) electrons. The lowest BCUT2D eigenvalue weighted by atomic mass is 10.1. The second-order valence-corrected chi connectivity index (χ2v) is 5.87. The van der Waals surface area contributed by atoms with Crippen LogP contribution in [0.4, 0.5) is 0 Å². The molecule has 106 valence electrons. The van der Waals surface area contributed by atoms with Gasteiger partial charge in [0.25, 0.3) is 0 Å². The monoisotopic (exact) mass is 281 g/mol. The van der Waals surface area contributed by atoms with E-state index >= 15 is 0 Å². The molecule has 0 spiro atoms. The Bertz CT molecular complexity index is 365. The molecule has 4 nitrogen and oxygen atoms in total. The van der Waals surface area contributed by atoms with E-state index in [1.54, 1.807) is 11.8 Å². The van der Waals surface area contributed by atoms with Crippen LogP contribution in [0.5, 0.6) is 0 Å². The molecule has 1 atom stereocenters.